The molecule has 19 heavy (non-hydrogen) atoms. The van der Waals surface area contributed by atoms with Crippen molar-refractivity contribution in [3.63, 3.8) is 0 Å². The van der Waals surface area contributed by atoms with Gasteiger partial charge in [-0.15, -0.1) is 0 Å². The number of benzene rings is 1. The summed E-state index contributed by atoms with van der Waals surface area (Å²) >= 11 is 0. The number of halogens is 2. The first kappa shape index (κ1) is 15.4. The fraction of sp³-hybridized carbons (Fsp3) is 0.462. The first-order chi connectivity index (χ1) is 8.69. The van der Waals surface area contributed by atoms with Crippen molar-refractivity contribution in [1.29, 1.82) is 0 Å². The Morgan fingerprint density at radius 1 is 1.37 bits per heavy atom. The zero-order valence-electron chi connectivity index (χ0n) is 11.2. The van der Waals surface area contributed by atoms with Gasteiger partial charge in [-0.1, -0.05) is 13.8 Å². The van der Waals surface area contributed by atoms with Crippen LogP contribution in [0.3, 0.4) is 0 Å². The van der Waals surface area contributed by atoms with Gasteiger partial charge in [0.2, 0.25) is 5.91 Å². The molecule has 106 valence electrons. The molecule has 0 heterocycles. The van der Waals surface area contributed by atoms with E-state index >= 15 is 0 Å². The third-order valence-corrected chi connectivity index (χ3v) is 3.06. The Labute approximate surface area is 110 Å². The van der Waals surface area contributed by atoms with Crippen LogP contribution in [0.15, 0.2) is 12.1 Å². The van der Waals surface area contributed by atoms with Gasteiger partial charge in [-0.2, -0.15) is 0 Å². The van der Waals surface area contributed by atoms with E-state index in [1.165, 1.54) is 7.11 Å². The van der Waals surface area contributed by atoms with Crippen molar-refractivity contribution in [1.82, 2.24) is 0 Å². The maximum atomic E-state index is 13.8. The van der Waals surface area contributed by atoms with Crippen LogP contribution in [-0.4, -0.2) is 13.0 Å². The molecule has 4 N–H and O–H groups in total. The molecule has 0 saturated heterocycles. The predicted molar refractivity (Wildman–Crippen MR) is 67.4 cm³/mol. The van der Waals surface area contributed by atoms with Crippen molar-refractivity contribution in [2.24, 2.45) is 16.9 Å². The summed E-state index contributed by atoms with van der Waals surface area (Å²) in [6.07, 6.45) is 0.0441. The summed E-state index contributed by atoms with van der Waals surface area (Å²) in [5.74, 6) is -2.10. The normalized spacial score (nSPS) is 13.2. The second-order valence-electron chi connectivity index (χ2n) is 5.06. The minimum Gasteiger partial charge on any atom is -0.497 e. The van der Waals surface area contributed by atoms with Crippen molar-refractivity contribution in [3.05, 3.63) is 29.3 Å². The second-order valence-corrected chi connectivity index (χ2v) is 5.06. The second kappa shape index (κ2) is 5.52. The largest absolute Gasteiger partial charge is 0.497 e. The quantitative estimate of drug-likeness (QED) is 0.859. The van der Waals surface area contributed by atoms with Crippen molar-refractivity contribution >= 4 is 5.91 Å². The molecule has 1 rings (SSSR count). The predicted octanol–water partition coefficient (Wildman–Crippen LogP) is 1.87. The highest BCUT2D eigenvalue weighted by molar-refractivity contribution is 5.79. The number of hydrogen-bond donors (Lipinski definition) is 2. The zero-order valence-corrected chi connectivity index (χ0v) is 11.2. The van der Waals surface area contributed by atoms with Crippen molar-refractivity contribution in [2.75, 3.05) is 7.11 Å². The van der Waals surface area contributed by atoms with Crippen molar-refractivity contribution < 1.29 is 18.3 Å². The van der Waals surface area contributed by atoms with Gasteiger partial charge in [0.25, 0.3) is 0 Å². The first-order valence-corrected chi connectivity index (χ1v) is 5.77. The number of rotatable bonds is 5. The maximum absolute atomic E-state index is 13.8. The molecule has 1 aromatic rings. The van der Waals surface area contributed by atoms with E-state index in [0.29, 0.717) is 0 Å². The summed E-state index contributed by atoms with van der Waals surface area (Å²) in [5.41, 5.74) is 9.79. The number of primary amides is 1. The number of amides is 1. The molecule has 0 spiro atoms. The van der Waals surface area contributed by atoms with E-state index < -0.39 is 29.0 Å². The lowest BCUT2D eigenvalue weighted by Gasteiger charge is -2.25. The standard InChI is InChI=1S/C13H18F2N2O2/c1-13(2,12(17)18)6-10(16)11-8(14)4-7(19-3)5-9(11)15/h4-5,10H,6,16H2,1-3H3,(H2,17,18). The third kappa shape index (κ3) is 3.41. The molecule has 4 nitrogen and oxygen atoms in total. The molecule has 0 aromatic heterocycles. The van der Waals surface area contributed by atoms with E-state index in [0.717, 1.165) is 12.1 Å². The summed E-state index contributed by atoms with van der Waals surface area (Å²) in [5, 5.41) is 0. The van der Waals surface area contributed by atoms with E-state index in [9.17, 15) is 13.6 Å². The van der Waals surface area contributed by atoms with Gasteiger partial charge < -0.3 is 16.2 Å². The fourth-order valence-corrected chi connectivity index (χ4v) is 1.79. The number of nitrogens with two attached hydrogens (primary N) is 2. The molecule has 0 aliphatic carbocycles. The fourth-order valence-electron chi connectivity index (χ4n) is 1.79. The molecular weight excluding hydrogens is 254 g/mol. The lowest BCUT2D eigenvalue weighted by Crippen LogP contribution is -2.35. The van der Waals surface area contributed by atoms with Crippen LogP contribution >= 0.6 is 0 Å². The average molecular weight is 272 g/mol. The van der Waals surface area contributed by atoms with E-state index in [4.69, 9.17) is 16.2 Å². The van der Waals surface area contributed by atoms with Gasteiger partial charge in [0.15, 0.2) is 0 Å². The molecule has 0 radical (unpaired) electrons. The lowest BCUT2D eigenvalue weighted by atomic mass is 9.83. The molecule has 0 aliphatic heterocycles. The molecule has 0 saturated carbocycles. The summed E-state index contributed by atoms with van der Waals surface area (Å²) in [7, 11) is 1.31. The molecule has 0 bridgehead atoms. The van der Waals surface area contributed by atoms with Gasteiger partial charge in [-0.3, -0.25) is 4.79 Å². The number of carbonyl (C=O) groups is 1. The van der Waals surface area contributed by atoms with Crippen LogP contribution < -0.4 is 16.2 Å². The number of methoxy groups -OCH3 is 1. The van der Waals surface area contributed by atoms with E-state index in [1.807, 2.05) is 0 Å². The Bertz CT molecular complexity index is 467. The Balaban J connectivity index is 3.07. The highest BCUT2D eigenvalue weighted by Gasteiger charge is 2.30. The Morgan fingerprint density at radius 2 is 1.84 bits per heavy atom. The van der Waals surface area contributed by atoms with E-state index in [2.05, 4.69) is 0 Å². The highest BCUT2D eigenvalue weighted by atomic mass is 19.1. The Kier molecular flexibility index (Phi) is 4.47. The van der Waals surface area contributed by atoms with Gasteiger partial charge in [-0.05, 0) is 6.42 Å². The topological polar surface area (TPSA) is 78.3 Å². The first-order valence-electron chi connectivity index (χ1n) is 5.77. The molecular formula is C13H18F2N2O2. The number of ether oxygens (including phenoxy) is 1. The minimum atomic E-state index is -0.964. The lowest BCUT2D eigenvalue weighted by molar-refractivity contribution is -0.126. The van der Waals surface area contributed by atoms with Crippen LogP contribution in [0.4, 0.5) is 8.78 Å². The van der Waals surface area contributed by atoms with Crippen molar-refractivity contribution in [2.45, 2.75) is 26.3 Å². The zero-order chi connectivity index (χ0) is 14.8. The molecule has 6 heteroatoms. The summed E-state index contributed by atoms with van der Waals surface area (Å²) in [6.45, 7) is 3.16. The van der Waals surface area contributed by atoms with Gasteiger partial charge in [0.05, 0.1) is 7.11 Å². The minimum absolute atomic E-state index is 0.0441. The van der Waals surface area contributed by atoms with E-state index in [-0.39, 0.29) is 17.7 Å². The smallest absolute Gasteiger partial charge is 0.223 e. The molecule has 0 aliphatic rings. The van der Waals surface area contributed by atoms with Crippen LogP contribution in [0.5, 0.6) is 5.75 Å². The SMILES string of the molecule is COc1cc(F)c(C(N)CC(C)(C)C(N)=O)c(F)c1. The molecule has 1 unspecified atom stereocenters. The van der Waals surface area contributed by atoms with Crippen LogP contribution in [0, 0.1) is 17.0 Å². The van der Waals surface area contributed by atoms with Crippen LogP contribution in [-0.2, 0) is 4.79 Å². The van der Waals surface area contributed by atoms with Gasteiger partial charge in [-0.25, -0.2) is 8.78 Å². The maximum Gasteiger partial charge on any atom is 0.223 e. The Hall–Kier alpha value is -1.69. The van der Waals surface area contributed by atoms with Crippen LogP contribution in [0.2, 0.25) is 0 Å². The van der Waals surface area contributed by atoms with Crippen molar-refractivity contribution in [3.8, 4) is 5.75 Å². The number of carbonyl (C=O) groups excluding carboxylic acids is 1. The summed E-state index contributed by atoms with van der Waals surface area (Å²) in [6, 6.07) is 1.14. The van der Waals surface area contributed by atoms with Crippen LogP contribution in [0.1, 0.15) is 31.9 Å². The third-order valence-electron chi connectivity index (χ3n) is 3.06. The van der Waals surface area contributed by atoms with Gasteiger partial charge in [0.1, 0.15) is 17.4 Å². The molecule has 1 aromatic carbocycles. The van der Waals surface area contributed by atoms with E-state index in [1.54, 1.807) is 13.8 Å². The molecule has 0 fully saturated rings. The van der Waals surface area contributed by atoms with Gasteiger partial charge in [0, 0.05) is 29.2 Å². The molecule has 1 atom stereocenters. The summed E-state index contributed by atoms with van der Waals surface area (Å²) < 4.78 is 32.4. The number of hydrogen-bond acceptors (Lipinski definition) is 3. The Morgan fingerprint density at radius 3 is 2.21 bits per heavy atom. The van der Waals surface area contributed by atoms with Crippen LogP contribution in [0.25, 0.3) is 0 Å². The monoisotopic (exact) mass is 272 g/mol. The average Bonchev–Trinajstić information content (AvgIpc) is 2.26. The summed E-state index contributed by atoms with van der Waals surface area (Å²) in [4.78, 5) is 11.2. The highest BCUT2D eigenvalue weighted by Crippen LogP contribution is 2.32. The van der Waals surface area contributed by atoms with Gasteiger partial charge >= 0.3 is 0 Å². The molecule has 1 amide bonds.